The van der Waals surface area contributed by atoms with Crippen molar-refractivity contribution in [2.24, 2.45) is 0 Å². The molecular weight excluding hydrogens is 204 g/mol. The molecule has 0 saturated carbocycles. The molecule has 0 spiro atoms. The van der Waals surface area contributed by atoms with Crippen LogP contribution in [0.15, 0.2) is 30.5 Å². The van der Waals surface area contributed by atoms with Gasteiger partial charge in [0.15, 0.2) is 0 Å². The third-order valence-electron chi connectivity index (χ3n) is 1.69. The maximum atomic E-state index is 10.4. The summed E-state index contributed by atoms with van der Waals surface area (Å²) in [6.45, 7) is 0. The van der Waals surface area contributed by atoms with Crippen LogP contribution in [0.5, 0.6) is 5.88 Å². The first-order valence-corrected chi connectivity index (χ1v) is 4.80. The van der Waals surface area contributed by atoms with E-state index in [4.69, 9.17) is 4.55 Å². The first kappa shape index (κ1) is 9.04. The van der Waals surface area contributed by atoms with Crippen LogP contribution in [0.1, 0.15) is 0 Å². The Bertz CT molecular complexity index is 483. The highest BCUT2D eigenvalue weighted by atomic mass is 32.2. The third-order valence-corrected chi connectivity index (χ3v) is 1.99. The molecule has 0 aliphatic rings. The van der Waals surface area contributed by atoms with Crippen molar-refractivity contribution >= 4 is 22.1 Å². The monoisotopic (exact) mass is 210 g/mol. The summed E-state index contributed by atoms with van der Waals surface area (Å²) in [4.78, 5) is 0. The van der Waals surface area contributed by atoms with Gasteiger partial charge in [-0.05, 0) is 6.07 Å². The Kier molecular flexibility index (Phi) is 2.38. The molecule has 0 fully saturated rings. The van der Waals surface area contributed by atoms with E-state index in [0.717, 1.165) is 5.39 Å². The number of hydrogen-bond acceptors (Lipinski definition) is 4. The van der Waals surface area contributed by atoms with E-state index >= 15 is 0 Å². The Hall–Kier alpha value is -1.53. The number of hydrogen-bond donors (Lipinski definition) is 1. The lowest BCUT2D eigenvalue weighted by Crippen LogP contribution is -2.00. The van der Waals surface area contributed by atoms with Crippen molar-refractivity contribution in [2.45, 2.75) is 0 Å². The fourth-order valence-corrected chi connectivity index (χ4v) is 1.39. The lowest BCUT2D eigenvalue weighted by molar-refractivity contribution is 0.449. The Balaban J connectivity index is 2.59. The third kappa shape index (κ3) is 1.70. The molecule has 1 aromatic heterocycles. The molecule has 0 amide bonds. The molecule has 1 aromatic carbocycles. The van der Waals surface area contributed by atoms with Gasteiger partial charge in [-0.1, -0.05) is 18.2 Å². The second-order valence-electron chi connectivity index (χ2n) is 2.54. The van der Waals surface area contributed by atoms with Crippen molar-refractivity contribution in [3.05, 3.63) is 30.5 Å². The fraction of sp³-hybridized carbons (Fsp3) is 0. The van der Waals surface area contributed by atoms with Gasteiger partial charge in [0.25, 0.3) is 5.88 Å². The van der Waals surface area contributed by atoms with Crippen LogP contribution >= 0.6 is 0 Å². The highest BCUT2D eigenvalue weighted by Crippen LogP contribution is 2.21. The predicted molar refractivity (Wildman–Crippen MR) is 50.9 cm³/mol. The van der Waals surface area contributed by atoms with E-state index < -0.39 is 11.4 Å². The van der Waals surface area contributed by atoms with Gasteiger partial charge in [0, 0.05) is 10.8 Å². The summed E-state index contributed by atoms with van der Waals surface area (Å²) in [5.41, 5.74) is 0. The Morgan fingerprint density at radius 2 is 2.14 bits per heavy atom. The molecule has 72 valence electrons. The molecule has 0 aliphatic carbocycles. The van der Waals surface area contributed by atoms with Gasteiger partial charge in [-0.3, -0.25) is 4.55 Å². The molecule has 0 bridgehead atoms. The maximum absolute atomic E-state index is 10.4. The topological polar surface area (TPSA) is 72.3 Å². The van der Waals surface area contributed by atoms with Gasteiger partial charge in [0.05, 0.1) is 6.20 Å². The van der Waals surface area contributed by atoms with Crippen molar-refractivity contribution in [2.75, 3.05) is 0 Å². The van der Waals surface area contributed by atoms with E-state index in [9.17, 15) is 4.21 Å². The average molecular weight is 210 g/mol. The SMILES string of the molecule is O=S(O)Oc1nncc2ccccc12. The Morgan fingerprint density at radius 1 is 1.36 bits per heavy atom. The minimum absolute atomic E-state index is 0.0592. The van der Waals surface area contributed by atoms with E-state index in [1.165, 1.54) is 0 Å². The van der Waals surface area contributed by atoms with Crippen LogP contribution in [-0.2, 0) is 11.4 Å². The van der Waals surface area contributed by atoms with Gasteiger partial charge in [0.1, 0.15) is 0 Å². The van der Waals surface area contributed by atoms with Crippen LogP contribution in [0, 0.1) is 0 Å². The molecule has 1 heterocycles. The molecule has 2 rings (SSSR count). The molecule has 2 aromatic rings. The molecule has 1 N–H and O–H groups in total. The Labute approximate surface area is 82.2 Å². The van der Waals surface area contributed by atoms with E-state index in [0.29, 0.717) is 5.39 Å². The van der Waals surface area contributed by atoms with E-state index in [2.05, 4.69) is 14.4 Å². The molecule has 0 saturated heterocycles. The van der Waals surface area contributed by atoms with Crippen molar-refractivity contribution in [1.82, 2.24) is 10.2 Å². The average Bonchev–Trinajstić information content (AvgIpc) is 2.18. The fourth-order valence-electron chi connectivity index (χ4n) is 1.13. The second-order valence-corrected chi connectivity index (χ2v) is 3.14. The van der Waals surface area contributed by atoms with E-state index in [1.54, 1.807) is 18.3 Å². The number of fused-ring (bicyclic) bond motifs is 1. The van der Waals surface area contributed by atoms with Crippen LogP contribution in [0.2, 0.25) is 0 Å². The van der Waals surface area contributed by atoms with Crippen LogP contribution in [0.4, 0.5) is 0 Å². The molecule has 1 atom stereocenters. The summed E-state index contributed by atoms with van der Waals surface area (Å²) in [6.07, 6.45) is 1.56. The number of rotatable bonds is 2. The number of aromatic nitrogens is 2. The Morgan fingerprint density at radius 3 is 2.93 bits per heavy atom. The normalized spacial score (nSPS) is 12.6. The molecule has 5 nitrogen and oxygen atoms in total. The number of benzene rings is 1. The minimum atomic E-state index is -2.38. The van der Waals surface area contributed by atoms with Crippen LogP contribution in [0.25, 0.3) is 10.8 Å². The molecular formula is C8H6N2O3S. The van der Waals surface area contributed by atoms with Gasteiger partial charge >= 0.3 is 11.4 Å². The summed E-state index contributed by atoms with van der Waals surface area (Å²) >= 11 is -2.38. The first-order chi connectivity index (χ1) is 6.77. The molecule has 6 heteroatoms. The lowest BCUT2D eigenvalue weighted by Gasteiger charge is -2.01. The van der Waals surface area contributed by atoms with Crippen LogP contribution < -0.4 is 4.18 Å². The summed E-state index contributed by atoms with van der Waals surface area (Å²) in [5, 5.41) is 8.73. The highest BCUT2D eigenvalue weighted by molar-refractivity contribution is 7.74. The lowest BCUT2D eigenvalue weighted by atomic mass is 10.2. The van der Waals surface area contributed by atoms with Gasteiger partial charge < -0.3 is 4.18 Å². The maximum Gasteiger partial charge on any atom is 0.359 e. The summed E-state index contributed by atoms with van der Waals surface area (Å²) in [6, 6.07) is 7.18. The summed E-state index contributed by atoms with van der Waals surface area (Å²) in [5.74, 6) is 0.0592. The summed E-state index contributed by atoms with van der Waals surface area (Å²) < 4.78 is 23.6. The summed E-state index contributed by atoms with van der Waals surface area (Å²) in [7, 11) is 0. The molecule has 0 aliphatic heterocycles. The van der Waals surface area contributed by atoms with Crippen molar-refractivity contribution < 1.29 is 12.9 Å². The highest BCUT2D eigenvalue weighted by Gasteiger charge is 2.06. The van der Waals surface area contributed by atoms with E-state index in [-0.39, 0.29) is 5.88 Å². The number of nitrogens with zero attached hydrogens (tertiary/aromatic N) is 2. The molecule has 14 heavy (non-hydrogen) atoms. The van der Waals surface area contributed by atoms with Gasteiger partial charge in [-0.25, -0.2) is 0 Å². The largest absolute Gasteiger partial charge is 0.359 e. The molecule has 0 radical (unpaired) electrons. The van der Waals surface area contributed by atoms with Crippen molar-refractivity contribution in [3.8, 4) is 5.88 Å². The minimum Gasteiger partial charge on any atom is -0.357 e. The van der Waals surface area contributed by atoms with Crippen molar-refractivity contribution in [1.29, 1.82) is 0 Å². The zero-order valence-corrected chi connectivity index (χ0v) is 7.77. The van der Waals surface area contributed by atoms with E-state index in [1.807, 2.05) is 12.1 Å². The quantitative estimate of drug-likeness (QED) is 0.752. The first-order valence-electron chi connectivity index (χ1n) is 3.77. The van der Waals surface area contributed by atoms with Gasteiger partial charge in [-0.2, -0.15) is 9.31 Å². The zero-order valence-electron chi connectivity index (χ0n) is 6.95. The van der Waals surface area contributed by atoms with Gasteiger partial charge in [-0.15, -0.1) is 5.10 Å². The predicted octanol–water partition coefficient (Wildman–Crippen LogP) is 1.15. The van der Waals surface area contributed by atoms with Gasteiger partial charge in [0.2, 0.25) is 0 Å². The smallest absolute Gasteiger partial charge is 0.357 e. The second kappa shape index (κ2) is 3.69. The standard InChI is InChI=1S/C8H6N2O3S/c11-14(12)13-8-7-4-2-1-3-6(7)5-9-10-8/h1-5H,(H,11,12). The van der Waals surface area contributed by atoms with Crippen LogP contribution in [-0.4, -0.2) is 19.0 Å². The van der Waals surface area contributed by atoms with Crippen LogP contribution in [0.3, 0.4) is 0 Å². The van der Waals surface area contributed by atoms with Crippen molar-refractivity contribution in [3.63, 3.8) is 0 Å². The molecule has 1 unspecified atom stereocenters. The zero-order chi connectivity index (χ0) is 9.97.